The van der Waals surface area contributed by atoms with Crippen LogP contribution in [0.1, 0.15) is 0 Å². The third-order valence-corrected chi connectivity index (χ3v) is 3.89. The van der Waals surface area contributed by atoms with Crippen molar-refractivity contribution in [3.05, 3.63) is 40.5 Å². The molecule has 0 bridgehead atoms. The first-order chi connectivity index (χ1) is 11.0. The summed E-state index contributed by atoms with van der Waals surface area (Å²) in [5.41, 5.74) is -5.20. The summed E-state index contributed by atoms with van der Waals surface area (Å²) >= 11 is 0. The Balaban J connectivity index is 2.00. The molecular weight excluding hydrogens is 340 g/mol. The maximum absolute atomic E-state index is 11.8. The van der Waals surface area contributed by atoms with Gasteiger partial charge >= 0.3 is 23.1 Å². The van der Waals surface area contributed by atoms with Crippen LogP contribution in [0.25, 0.3) is 0 Å². The lowest BCUT2D eigenvalue weighted by Gasteiger charge is -2.39. The molecule has 16 nitrogen and oxygen atoms in total. The first-order valence-corrected chi connectivity index (χ1v) is 6.14. The molecule has 0 saturated carbocycles. The highest BCUT2D eigenvalue weighted by Crippen LogP contribution is 2.28. The van der Waals surface area contributed by atoms with Crippen LogP contribution in [0.2, 0.25) is 0 Å². The highest BCUT2D eigenvalue weighted by atomic mass is 16.7. The minimum absolute atomic E-state index is 0.534. The van der Waals surface area contributed by atoms with Crippen molar-refractivity contribution in [2.75, 3.05) is 26.2 Å². The molecule has 2 heterocycles. The van der Waals surface area contributed by atoms with Crippen molar-refractivity contribution in [3.8, 4) is 0 Å². The van der Waals surface area contributed by atoms with Gasteiger partial charge in [-0.2, -0.15) is 0 Å². The monoisotopic (exact) mass is 348 g/mol. The molecule has 0 N–H and O–H groups in total. The Kier molecular flexibility index (Phi) is 3.54. The molecule has 2 aliphatic heterocycles. The van der Waals surface area contributed by atoms with Gasteiger partial charge in [-0.25, -0.2) is 0 Å². The summed E-state index contributed by atoms with van der Waals surface area (Å²) in [7, 11) is 0. The molecule has 0 atom stereocenters. The number of carbonyl (C=O) groups is 2. The zero-order chi connectivity index (χ0) is 18.4. The lowest BCUT2D eigenvalue weighted by atomic mass is 9.99. The highest BCUT2D eigenvalue weighted by Gasteiger charge is 2.71. The van der Waals surface area contributed by atoms with Gasteiger partial charge in [-0.1, -0.05) is 0 Å². The number of amides is 2. The van der Waals surface area contributed by atoms with Gasteiger partial charge in [0.25, 0.3) is 0 Å². The topological polar surface area (TPSA) is 213 Å². The van der Waals surface area contributed by atoms with Gasteiger partial charge in [-0.15, -0.1) is 0 Å². The van der Waals surface area contributed by atoms with Gasteiger partial charge in [0.05, 0.1) is 0 Å². The van der Waals surface area contributed by atoms with Crippen molar-refractivity contribution in [3.63, 3.8) is 0 Å². The number of likely N-dealkylation sites (tertiary alicyclic amines) is 2. The fourth-order valence-corrected chi connectivity index (χ4v) is 2.28. The molecule has 2 saturated heterocycles. The molecule has 0 aromatic carbocycles. The maximum Gasteiger partial charge on any atom is 0.492 e. The van der Waals surface area contributed by atoms with Crippen molar-refractivity contribution in [1.82, 2.24) is 9.80 Å². The molecule has 0 unspecified atom stereocenters. The van der Waals surface area contributed by atoms with Crippen LogP contribution in [0.15, 0.2) is 0 Å². The van der Waals surface area contributed by atoms with E-state index in [4.69, 9.17) is 0 Å². The Morgan fingerprint density at radius 1 is 0.625 bits per heavy atom. The Bertz CT molecular complexity index is 587. The Morgan fingerprint density at radius 3 is 1.00 bits per heavy atom. The molecule has 2 amide bonds. The summed E-state index contributed by atoms with van der Waals surface area (Å²) in [5, 5.41) is 42.8. The zero-order valence-electron chi connectivity index (χ0n) is 11.6. The fraction of sp³-hybridized carbons (Fsp3) is 0.750. The molecule has 0 spiro atoms. The number of nitrogens with zero attached hydrogens (tertiary/aromatic N) is 6. The normalized spacial score (nSPS) is 20.3. The molecule has 0 radical (unpaired) electrons. The Morgan fingerprint density at radius 2 is 0.833 bits per heavy atom. The van der Waals surface area contributed by atoms with E-state index in [2.05, 4.69) is 0 Å². The number of hydrogen-bond donors (Lipinski definition) is 0. The Labute approximate surface area is 130 Å². The minimum Gasteiger partial charge on any atom is -0.305 e. The van der Waals surface area contributed by atoms with Crippen LogP contribution in [-0.4, -0.2) is 78.8 Å². The van der Waals surface area contributed by atoms with Crippen LogP contribution < -0.4 is 0 Å². The summed E-state index contributed by atoms with van der Waals surface area (Å²) in [4.78, 5) is 62.7. The third kappa shape index (κ3) is 2.07. The largest absolute Gasteiger partial charge is 0.492 e. The second-order valence-corrected chi connectivity index (χ2v) is 5.32. The SMILES string of the molecule is O=C(C(=O)N1CC([N+](=O)[O-])([N+](=O)[O-])C1)N1CC([N+](=O)[O-])([N+](=O)[O-])C1. The highest BCUT2D eigenvalue weighted by molar-refractivity contribution is 6.35. The number of nitro groups is 4. The molecule has 2 rings (SSSR count). The molecule has 2 aliphatic rings. The van der Waals surface area contributed by atoms with Crippen LogP contribution in [0.5, 0.6) is 0 Å². The second kappa shape index (κ2) is 5.03. The van der Waals surface area contributed by atoms with E-state index in [1.807, 2.05) is 0 Å². The predicted octanol–water partition coefficient (Wildman–Crippen LogP) is -2.83. The maximum atomic E-state index is 11.8. The first-order valence-electron chi connectivity index (χ1n) is 6.14. The van der Waals surface area contributed by atoms with E-state index >= 15 is 0 Å². The van der Waals surface area contributed by atoms with Crippen molar-refractivity contribution < 1.29 is 29.3 Å². The van der Waals surface area contributed by atoms with E-state index < -0.39 is 69.0 Å². The molecule has 0 aliphatic carbocycles. The average Bonchev–Trinajstić information content (AvgIpc) is 2.33. The predicted molar refractivity (Wildman–Crippen MR) is 66.6 cm³/mol. The van der Waals surface area contributed by atoms with Crippen molar-refractivity contribution in [1.29, 1.82) is 0 Å². The van der Waals surface area contributed by atoms with E-state index in [1.54, 1.807) is 0 Å². The van der Waals surface area contributed by atoms with Crippen molar-refractivity contribution in [2.24, 2.45) is 0 Å². The lowest BCUT2D eigenvalue weighted by Crippen LogP contribution is -2.75. The average molecular weight is 348 g/mol. The van der Waals surface area contributed by atoms with E-state index in [9.17, 15) is 50.0 Å². The molecule has 130 valence electrons. The quantitative estimate of drug-likeness (QED) is 0.219. The Hall–Kier alpha value is -3.46. The second-order valence-electron chi connectivity index (χ2n) is 5.32. The van der Waals surface area contributed by atoms with E-state index in [0.29, 0.717) is 9.80 Å². The third-order valence-electron chi connectivity index (χ3n) is 3.89. The number of rotatable bonds is 4. The van der Waals surface area contributed by atoms with Crippen LogP contribution in [0.3, 0.4) is 0 Å². The van der Waals surface area contributed by atoms with Gasteiger partial charge in [0, 0.05) is 0 Å². The smallest absolute Gasteiger partial charge is 0.305 e. The fourth-order valence-electron chi connectivity index (χ4n) is 2.28. The van der Waals surface area contributed by atoms with Crippen LogP contribution in [0.4, 0.5) is 0 Å². The van der Waals surface area contributed by atoms with Crippen LogP contribution >= 0.6 is 0 Å². The molecule has 24 heavy (non-hydrogen) atoms. The molecule has 2 fully saturated rings. The summed E-state index contributed by atoms with van der Waals surface area (Å²) < 4.78 is 0. The van der Waals surface area contributed by atoms with Gasteiger partial charge in [0.2, 0.25) is 0 Å². The molecule has 0 aromatic heterocycles. The molecule has 16 heteroatoms. The molecular formula is C8H8N6O10. The van der Waals surface area contributed by atoms with Gasteiger partial charge in [-0.05, 0) is 0 Å². The summed E-state index contributed by atoms with van der Waals surface area (Å²) in [6.45, 7) is -3.77. The lowest BCUT2D eigenvalue weighted by molar-refractivity contribution is -0.810. The number of carbonyl (C=O) groups excluding carboxylic acids is 2. The summed E-state index contributed by atoms with van der Waals surface area (Å²) in [5.74, 6) is -2.70. The van der Waals surface area contributed by atoms with Gasteiger partial charge in [0.15, 0.2) is 26.2 Å². The zero-order valence-corrected chi connectivity index (χ0v) is 11.6. The van der Waals surface area contributed by atoms with Crippen molar-refractivity contribution >= 4 is 11.8 Å². The summed E-state index contributed by atoms with van der Waals surface area (Å²) in [6.07, 6.45) is 0. The van der Waals surface area contributed by atoms with Crippen molar-refractivity contribution in [2.45, 2.75) is 11.3 Å². The first kappa shape index (κ1) is 16.9. The standard InChI is InChI=1S/C8H8N6O10/c15-5(9-1-7(2-9,11(17)18)12(19)20)6(16)10-3-8(4-10,13(21)22)14(23)24/h1-4H2. The van der Waals surface area contributed by atoms with Crippen LogP contribution in [0, 0.1) is 40.5 Å². The molecule has 0 aromatic rings. The minimum atomic E-state index is -2.60. The van der Waals surface area contributed by atoms with Gasteiger partial charge in [-0.3, -0.25) is 50.0 Å². The van der Waals surface area contributed by atoms with Gasteiger partial charge < -0.3 is 9.80 Å². The number of hydrogen-bond acceptors (Lipinski definition) is 10. The van der Waals surface area contributed by atoms with Crippen LogP contribution in [-0.2, 0) is 9.59 Å². The summed E-state index contributed by atoms with van der Waals surface area (Å²) in [6, 6.07) is 0. The van der Waals surface area contributed by atoms with E-state index in [1.165, 1.54) is 0 Å². The van der Waals surface area contributed by atoms with E-state index in [0.717, 1.165) is 0 Å². The van der Waals surface area contributed by atoms with Gasteiger partial charge in [0.1, 0.15) is 19.7 Å². The van der Waals surface area contributed by atoms with E-state index in [-0.39, 0.29) is 0 Å².